The zero-order valence-electron chi connectivity index (χ0n) is 12.9. The van der Waals surface area contributed by atoms with Crippen LogP contribution in [0.4, 0.5) is 0 Å². The second kappa shape index (κ2) is 5.98. The molecule has 2 aromatic carbocycles. The van der Waals surface area contributed by atoms with Crippen LogP contribution in [0.3, 0.4) is 0 Å². The highest BCUT2D eigenvalue weighted by molar-refractivity contribution is 6.30. The highest BCUT2D eigenvalue weighted by atomic mass is 35.5. The van der Waals surface area contributed by atoms with Crippen LogP contribution in [0.25, 0.3) is 22.3 Å². The lowest BCUT2D eigenvalue weighted by Gasteiger charge is -2.07. The van der Waals surface area contributed by atoms with E-state index < -0.39 is 0 Å². The van der Waals surface area contributed by atoms with Crippen LogP contribution < -0.4 is 5.36 Å². The van der Waals surface area contributed by atoms with E-state index in [4.69, 9.17) is 21.0 Å². The highest BCUT2D eigenvalue weighted by Gasteiger charge is 2.06. The fraction of sp³-hybridized carbons (Fsp3) is 0.211. The van der Waals surface area contributed by atoms with Gasteiger partial charge in [0.05, 0.1) is 5.36 Å². The molecule has 0 saturated carbocycles. The Labute approximate surface area is 135 Å². The summed E-state index contributed by atoms with van der Waals surface area (Å²) in [6.07, 6.45) is 0. The van der Waals surface area contributed by atoms with E-state index in [9.17, 15) is 0 Å². The van der Waals surface area contributed by atoms with Crippen LogP contribution in [-0.2, 0) is 0 Å². The van der Waals surface area contributed by atoms with Gasteiger partial charge in [0, 0.05) is 28.1 Å². The van der Waals surface area contributed by atoms with Crippen molar-refractivity contribution in [2.45, 2.75) is 26.8 Å². The van der Waals surface area contributed by atoms with E-state index in [1.807, 2.05) is 36.4 Å². The summed E-state index contributed by atoms with van der Waals surface area (Å²) in [5.74, 6) is 0.799. The number of halogens is 1. The number of benzene rings is 2. The Morgan fingerprint density at radius 3 is 2.41 bits per heavy atom. The molecule has 0 radical (unpaired) electrons. The van der Waals surface area contributed by atoms with Gasteiger partial charge in [-0.1, -0.05) is 23.2 Å². The van der Waals surface area contributed by atoms with Gasteiger partial charge in [0.15, 0.2) is 0 Å². The molecule has 1 heterocycles. The van der Waals surface area contributed by atoms with Crippen molar-refractivity contribution < 1.29 is 4.42 Å². The van der Waals surface area contributed by atoms with Gasteiger partial charge in [0.25, 0.3) is 0 Å². The lowest BCUT2D eigenvalue weighted by atomic mass is 10.1. The van der Waals surface area contributed by atoms with Crippen molar-refractivity contribution in [2.24, 2.45) is 4.99 Å². The second-order valence-electron chi connectivity index (χ2n) is 5.73. The summed E-state index contributed by atoms with van der Waals surface area (Å²) in [7, 11) is 0. The van der Waals surface area contributed by atoms with E-state index in [0.717, 1.165) is 27.7 Å². The smallest absolute Gasteiger partial charge is 0.136 e. The van der Waals surface area contributed by atoms with E-state index in [2.05, 4.69) is 32.9 Å². The Morgan fingerprint density at radius 2 is 1.73 bits per heavy atom. The van der Waals surface area contributed by atoms with Gasteiger partial charge >= 0.3 is 0 Å². The maximum Gasteiger partial charge on any atom is 0.136 e. The van der Waals surface area contributed by atoms with Crippen LogP contribution in [0.1, 0.15) is 19.4 Å². The van der Waals surface area contributed by atoms with Crippen molar-refractivity contribution >= 4 is 22.6 Å². The molecule has 0 saturated heterocycles. The minimum atomic E-state index is 0.226. The van der Waals surface area contributed by atoms with Crippen molar-refractivity contribution in [2.75, 3.05) is 0 Å². The average molecular weight is 312 g/mol. The zero-order chi connectivity index (χ0) is 15.7. The first kappa shape index (κ1) is 14.9. The molecule has 3 heteroatoms. The average Bonchev–Trinajstić information content (AvgIpc) is 2.48. The van der Waals surface area contributed by atoms with Gasteiger partial charge in [0.2, 0.25) is 0 Å². The molecule has 0 N–H and O–H groups in total. The van der Waals surface area contributed by atoms with Crippen LogP contribution in [-0.4, -0.2) is 6.04 Å². The minimum Gasteiger partial charge on any atom is -0.456 e. The zero-order valence-corrected chi connectivity index (χ0v) is 13.7. The van der Waals surface area contributed by atoms with Gasteiger partial charge in [-0.05, 0) is 57.2 Å². The largest absolute Gasteiger partial charge is 0.456 e. The maximum atomic E-state index is 6.06. The van der Waals surface area contributed by atoms with Crippen molar-refractivity contribution in [1.29, 1.82) is 0 Å². The summed E-state index contributed by atoms with van der Waals surface area (Å²) in [5.41, 5.74) is 3.03. The molecule has 0 aliphatic heterocycles. The molecule has 0 spiro atoms. The van der Waals surface area contributed by atoms with Gasteiger partial charge in [0.1, 0.15) is 11.3 Å². The fourth-order valence-corrected chi connectivity index (χ4v) is 2.55. The molecule has 3 aromatic rings. The standard InChI is InChI=1S/C19H18ClNO/c1-12(2)21-17-11-19(14-5-7-15(20)8-6-14)22-18-9-4-13(3)10-16(17)18/h4-12H,1-3H3. The third kappa shape index (κ3) is 3.07. The van der Waals surface area contributed by atoms with E-state index in [0.29, 0.717) is 5.02 Å². The van der Waals surface area contributed by atoms with Crippen LogP contribution >= 0.6 is 11.6 Å². The number of hydrogen-bond donors (Lipinski definition) is 0. The second-order valence-corrected chi connectivity index (χ2v) is 6.16. The van der Waals surface area contributed by atoms with Gasteiger partial charge in [-0.25, -0.2) is 0 Å². The molecular weight excluding hydrogens is 294 g/mol. The predicted octanol–water partition coefficient (Wildman–Crippen LogP) is 5.37. The molecule has 0 atom stereocenters. The molecule has 3 rings (SSSR count). The number of aryl methyl sites for hydroxylation is 1. The summed E-state index contributed by atoms with van der Waals surface area (Å²) in [4.78, 5) is 4.75. The molecule has 0 amide bonds. The molecule has 0 unspecified atom stereocenters. The summed E-state index contributed by atoms with van der Waals surface area (Å²) < 4.78 is 6.06. The predicted molar refractivity (Wildman–Crippen MR) is 92.1 cm³/mol. The van der Waals surface area contributed by atoms with Crippen molar-refractivity contribution in [3.8, 4) is 11.3 Å². The van der Waals surface area contributed by atoms with Gasteiger partial charge in [-0.15, -0.1) is 0 Å². The number of nitrogens with zero attached hydrogens (tertiary/aromatic N) is 1. The SMILES string of the molecule is Cc1ccc2oc(-c3ccc(Cl)cc3)cc(=NC(C)C)c2c1. The maximum absolute atomic E-state index is 6.06. The van der Waals surface area contributed by atoms with Crippen LogP contribution in [0, 0.1) is 6.92 Å². The number of hydrogen-bond acceptors (Lipinski definition) is 2. The van der Waals surface area contributed by atoms with E-state index in [1.165, 1.54) is 5.56 Å². The molecule has 0 aliphatic carbocycles. The van der Waals surface area contributed by atoms with Crippen molar-refractivity contribution in [1.82, 2.24) is 0 Å². The first-order chi connectivity index (χ1) is 10.5. The van der Waals surface area contributed by atoms with E-state index in [-0.39, 0.29) is 6.04 Å². The Hall–Kier alpha value is -2.06. The van der Waals surface area contributed by atoms with E-state index >= 15 is 0 Å². The molecule has 0 aliphatic rings. The molecular formula is C19H18ClNO. The van der Waals surface area contributed by atoms with Gasteiger partial charge in [-0.3, -0.25) is 4.99 Å². The highest BCUT2D eigenvalue weighted by Crippen LogP contribution is 2.24. The van der Waals surface area contributed by atoms with Crippen molar-refractivity contribution in [3.63, 3.8) is 0 Å². The number of rotatable bonds is 2. The van der Waals surface area contributed by atoms with Gasteiger partial charge in [-0.2, -0.15) is 0 Å². The minimum absolute atomic E-state index is 0.226. The van der Waals surface area contributed by atoms with Crippen molar-refractivity contribution in [3.05, 3.63) is 64.5 Å². The fourth-order valence-electron chi connectivity index (χ4n) is 2.42. The summed E-state index contributed by atoms with van der Waals surface area (Å²) >= 11 is 5.96. The van der Waals surface area contributed by atoms with Crippen LogP contribution in [0.2, 0.25) is 5.02 Å². The lowest BCUT2D eigenvalue weighted by Crippen LogP contribution is -2.08. The Bertz CT molecular complexity index is 876. The molecule has 2 nitrogen and oxygen atoms in total. The topological polar surface area (TPSA) is 25.5 Å². The van der Waals surface area contributed by atoms with Crippen LogP contribution in [0.5, 0.6) is 0 Å². The Morgan fingerprint density at radius 1 is 1.00 bits per heavy atom. The summed E-state index contributed by atoms with van der Waals surface area (Å²) in [6, 6.07) is 16.1. The quantitative estimate of drug-likeness (QED) is 0.624. The number of fused-ring (bicyclic) bond motifs is 1. The lowest BCUT2D eigenvalue weighted by molar-refractivity contribution is 0.617. The van der Waals surface area contributed by atoms with Crippen LogP contribution in [0.15, 0.2) is 57.9 Å². The summed E-state index contributed by atoms with van der Waals surface area (Å²) in [5, 5.41) is 2.73. The van der Waals surface area contributed by atoms with Gasteiger partial charge < -0.3 is 4.42 Å². The Kier molecular flexibility index (Phi) is 4.04. The molecule has 22 heavy (non-hydrogen) atoms. The molecule has 1 aromatic heterocycles. The Balaban J connectivity index is 2.29. The molecule has 112 valence electrons. The normalized spacial score (nSPS) is 12.3. The third-order valence-electron chi connectivity index (χ3n) is 3.42. The monoisotopic (exact) mass is 311 g/mol. The first-order valence-electron chi connectivity index (χ1n) is 7.37. The summed E-state index contributed by atoms with van der Waals surface area (Å²) in [6.45, 7) is 6.23. The third-order valence-corrected chi connectivity index (χ3v) is 3.68. The first-order valence-corrected chi connectivity index (χ1v) is 7.75. The molecule has 0 bridgehead atoms. The molecule has 0 fully saturated rings. The van der Waals surface area contributed by atoms with E-state index in [1.54, 1.807) is 0 Å².